The van der Waals surface area contributed by atoms with Gasteiger partial charge in [-0.25, -0.2) is 4.68 Å². The van der Waals surface area contributed by atoms with E-state index in [0.29, 0.717) is 5.82 Å². The summed E-state index contributed by atoms with van der Waals surface area (Å²) in [7, 11) is 0. The van der Waals surface area contributed by atoms with Crippen molar-refractivity contribution in [2.75, 3.05) is 5.32 Å². The highest BCUT2D eigenvalue weighted by atomic mass is 16.6. The molecule has 0 radical (unpaired) electrons. The van der Waals surface area contributed by atoms with Crippen LogP contribution in [0.3, 0.4) is 0 Å². The van der Waals surface area contributed by atoms with Gasteiger partial charge in [0.15, 0.2) is 0 Å². The smallest absolute Gasteiger partial charge is 0.279 e. The van der Waals surface area contributed by atoms with Gasteiger partial charge in [-0.1, -0.05) is 24.3 Å². The van der Waals surface area contributed by atoms with Crippen LogP contribution < -0.4 is 5.32 Å². The Bertz CT molecular complexity index is 1250. The highest BCUT2D eigenvalue weighted by Gasteiger charge is 2.28. The number of non-ortho nitro benzene ring substituents is 1. The predicted molar refractivity (Wildman–Crippen MR) is 117 cm³/mol. The van der Waals surface area contributed by atoms with Gasteiger partial charge >= 0.3 is 0 Å². The second kappa shape index (κ2) is 8.22. The molecule has 1 unspecified atom stereocenters. The number of nitro benzene ring substituents is 2. The molecule has 32 heavy (non-hydrogen) atoms. The van der Waals surface area contributed by atoms with Gasteiger partial charge < -0.3 is 5.32 Å². The Morgan fingerprint density at radius 1 is 1.16 bits per heavy atom. The molecule has 0 saturated heterocycles. The van der Waals surface area contributed by atoms with E-state index < -0.39 is 27.1 Å². The molecule has 1 aromatic heterocycles. The van der Waals surface area contributed by atoms with Crippen molar-refractivity contribution in [3.63, 3.8) is 0 Å². The Balaban J connectivity index is 1.73. The van der Waals surface area contributed by atoms with Crippen molar-refractivity contribution in [3.05, 3.63) is 90.6 Å². The first-order valence-electron chi connectivity index (χ1n) is 10.1. The van der Waals surface area contributed by atoms with Crippen LogP contribution in [0.2, 0.25) is 0 Å². The van der Waals surface area contributed by atoms with E-state index in [1.807, 2.05) is 12.1 Å². The summed E-state index contributed by atoms with van der Waals surface area (Å²) in [6, 6.07) is 9.96. The lowest BCUT2D eigenvalue weighted by Gasteiger charge is -2.27. The Morgan fingerprint density at radius 3 is 2.62 bits per heavy atom. The molecule has 1 aliphatic rings. The fraction of sp³-hybridized carbons (Fsp3) is 0.273. The van der Waals surface area contributed by atoms with Crippen LogP contribution in [0.15, 0.2) is 42.6 Å². The number of anilines is 1. The lowest BCUT2D eigenvalue weighted by Crippen LogP contribution is -2.23. The van der Waals surface area contributed by atoms with Crippen molar-refractivity contribution >= 4 is 23.1 Å². The average Bonchev–Trinajstić information content (AvgIpc) is 3.12. The minimum absolute atomic E-state index is 0.0600. The normalized spacial score (nSPS) is 15.1. The van der Waals surface area contributed by atoms with Crippen molar-refractivity contribution in [2.45, 2.75) is 39.2 Å². The van der Waals surface area contributed by atoms with Gasteiger partial charge in [0.05, 0.1) is 33.7 Å². The maximum absolute atomic E-state index is 13.1. The Morgan fingerprint density at radius 2 is 1.91 bits per heavy atom. The van der Waals surface area contributed by atoms with Crippen LogP contribution in [0, 0.1) is 34.1 Å². The van der Waals surface area contributed by atoms with Gasteiger partial charge in [0.2, 0.25) is 0 Å². The minimum Gasteiger partial charge on any atom is -0.307 e. The number of nitrogens with one attached hydrogen (secondary N) is 1. The molecule has 1 atom stereocenters. The summed E-state index contributed by atoms with van der Waals surface area (Å²) < 4.78 is 1.76. The molecule has 3 aromatic rings. The Hall–Kier alpha value is -4.08. The van der Waals surface area contributed by atoms with Gasteiger partial charge in [-0.2, -0.15) is 5.10 Å². The molecule has 164 valence electrons. The van der Waals surface area contributed by atoms with E-state index in [1.165, 1.54) is 12.5 Å². The van der Waals surface area contributed by atoms with Crippen molar-refractivity contribution in [1.29, 1.82) is 0 Å². The fourth-order valence-corrected chi connectivity index (χ4v) is 4.21. The fourth-order valence-electron chi connectivity index (χ4n) is 4.21. The maximum Gasteiger partial charge on any atom is 0.279 e. The molecule has 4 rings (SSSR count). The average molecular weight is 435 g/mol. The second-order valence-electron chi connectivity index (χ2n) is 7.83. The van der Waals surface area contributed by atoms with Crippen LogP contribution in [0.5, 0.6) is 0 Å². The molecule has 1 aliphatic carbocycles. The highest BCUT2D eigenvalue weighted by molar-refractivity contribution is 6.06. The molecule has 0 spiro atoms. The highest BCUT2D eigenvalue weighted by Crippen LogP contribution is 2.35. The zero-order valence-electron chi connectivity index (χ0n) is 17.6. The molecule has 1 amide bonds. The molecule has 1 heterocycles. The summed E-state index contributed by atoms with van der Waals surface area (Å²) in [6.45, 7) is 3.20. The van der Waals surface area contributed by atoms with Gasteiger partial charge in [0.1, 0.15) is 5.82 Å². The van der Waals surface area contributed by atoms with Crippen molar-refractivity contribution in [3.8, 4) is 0 Å². The van der Waals surface area contributed by atoms with Crippen LogP contribution in [0.25, 0.3) is 0 Å². The van der Waals surface area contributed by atoms with E-state index >= 15 is 0 Å². The van der Waals surface area contributed by atoms with Crippen LogP contribution in [-0.2, 0) is 6.42 Å². The monoisotopic (exact) mass is 435 g/mol. The lowest BCUT2D eigenvalue weighted by atomic mass is 9.88. The molecule has 1 N–H and O–H groups in total. The first-order chi connectivity index (χ1) is 15.3. The van der Waals surface area contributed by atoms with Gasteiger partial charge in [0.25, 0.3) is 17.3 Å². The second-order valence-corrected chi connectivity index (χ2v) is 7.83. The number of nitrogens with zero attached hydrogens (tertiary/aromatic N) is 4. The number of aryl methyl sites for hydroxylation is 2. The predicted octanol–water partition coefficient (Wildman–Crippen LogP) is 4.49. The Labute approximate surface area is 183 Å². The van der Waals surface area contributed by atoms with Gasteiger partial charge in [-0.3, -0.25) is 25.0 Å². The standard InChI is InChI=1S/C22H21N5O5/c1-13-12-23-25(19-9-5-7-15-6-3-4-8-17(15)19)21(13)24-22(28)18-10-16(26(29)30)11-20(14(18)2)27(31)32/h3-4,6,8,10-12,19H,5,7,9H2,1-2H3,(H,24,28). The number of nitro groups is 2. The summed E-state index contributed by atoms with van der Waals surface area (Å²) in [6.07, 6.45) is 4.45. The third-order valence-corrected chi connectivity index (χ3v) is 5.86. The quantitative estimate of drug-likeness (QED) is 0.463. The number of carbonyl (C=O) groups is 1. The van der Waals surface area contributed by atoms with E-state index in [2.05, 4.69) is 22.5 Å². The number of carbonyl (C=O) groups excluding carboxylic acids is 1. The molecule has 0 aliphatic heterocycles. The van der Waals surface area contributed by atoms with Gasteiger partial charge in [-0.05, 0) is 44.2 Å². The molecule has 2 aromatic carbocycles. The molecular formula is C22H21N5O5. The number of aromatic nitrogens is 2. The molecular weight excluding hydrogens is 414 g/mol. The van der Waals surface area contributed by atoms with Crippen molar-refractivity contribution in [1.82, 2.24) is 9.78 Å². The van der Waals surface area contributed by atoms with Gasteiger partial charge in [0, 0.05) is 17.2 Å². The van der Waals surface area contributed by atoms with E-state index in [9.17, 15) is 25.0 Å². The molecule has 10 nitrogen and oxygen atoms in total. The maximum atomic E-state index is 13.1. The number of amides is 1. The summed E-state index contributed by atoms with van der Waals surface area (Å²) in [5.41, 5.74) is 2.04. The summed E-state index contributed by atoms with van der Waals surface area (Å²) in [5, 5.41) is 29.9. The van der Waals surface area contributed by atoms with E-state index in [4.69, 9.17) is 0 Å². The summed E-state index contributed by atoms with van der Waals surface area (Å²) >= 11 is 0. The van der Waals surface area contributed by atoms with E-state index in [1.54, 1.807) is 17.8 Å². The third-order valence-electron chi connectivity index (χ3n) is 5.86. The van der Waals surface area contributed by atoms with Crippen molar-refractivity contribution < 1.29 is 14.6 Å². The first-order valence-corrected chi connectivity index (χ1v) is 10.1. The number of rotatable bonds is 5. The number of benzene rings is 2. The summed E-state index contributed by atoms with van der Waals surface area (Å²) in [5.74, 6) is -0.200. The zero-order chi connectivity index (χ0) is 23.0. The van der Waals surface area contributed by atoms with Crippen LogP contribution >= 0.6 is 0 Å². The minimum atomic E-state index is -0.752. The van der Waals surface area contributed by atoms with E-state index in [-0.39, 0.29) is 17.2 Å². The molecule has 0 bridgehead atoms. The third kappa shape index (κ3) is 3.70. The largest absolute Gasteiger partial charge is 0.307 e. The number of fused-ring (bicyclic) bond motifs is 1. The van der Waals surface area contributed by atoms with Crippen LogP contribution in [0.1, 0.15) is 51.5 Å². The summed E-state index contributed by atoms with van der Waals surface area (Å²) in [4.78, 5) is 34.2. The SMILES string of the molecule is Cc1cnn(C2CCCc3ccccc32)c1NC(=O)c1cc([N+](=O)[O-])cc([N+](=O)[O-])c1C. The van der Waals surface area contributed by atoms with Crippen molar-refractivity contribution in [2.24, 2.45) is 0 Å². The number of hydrogen-bond donors (Lipinski definition) is 1. The van der Waals surface area contributed by atoms with Crippen LogP contribution in [0.4, 0.5) is 17.2 Å². The number of hydrogen-bond acceptors (Lipinski definition) is 6. The molecule has 10 heteroatoms. The van der Waals surface area contributed by atoms with Crippen LogP contribution in [-0.4, -0.2) is 25.5 Å². The molecule has 0 saturated carbocycles. The first kappa shape index (κ1) is 21.2. The van der Waals surface area contributed by atoms with Gasteiger partial charge in [-0.15, -0.1) is 0 Å². The lowest BCUT2D eigenvalue weighted by molar-refractivity contribution is -0.394. The topological polar surface area (TPSA) is 133 Å². The van der Waals surface area contributed by atoms with E-state index in [0.717, 1.165) is 42.5 Å². The zero-order valence-corrected chi connectivity index (χ0v) is 17.6. The molecule has 0 fully saturated rings. The Kier molecular flexibility index (Phi) is 5.43.